The number of pyridine rings is 1. The molecule has 0 spiro atoms. The number of anilines is 3. The quantitative estimate of drug-likeness (QED) is 0.653. The fourth-order valence-electron chi connectivity index (χ4n) is 2.40. The molecular formula is C19H18ClN3O2S. The molecule has 0 saturated carbocycles. The van der Waals surface area contributed by atoms with E-state index < -0.39 is 10.0 Å². The fraction of sp³-hybridized carbons (Fsp3) is 0.105. The van der Waals surface area contributed by atoms with Crippen LogP contribution in [0.5, 0.6) is 0 Å². The van der Waals surface area contributed by atoms with E-state index in [-0.39, 0.29) is 10.7 Å². The Labute approximate surface area is 158 Å². The van der Waals surface area contributed by atoms with Crippen molar-refractivity contribution in [3.05, 3.63) is 76.9 Å². The summed E-state index contributed by atoms with van der Waals surface area (Å²) in [6, 6.07) is 15.5. The summed E-state index contributed by atoms with van der Waals surface area (Å²) < 4.78 is 27.2. The van der Waals surface area contributed by atoms with Crippen LogP contribution in [0.2, 0.25) is 5.02 Å². The monoisotopic (exact) mass is 387 g/mol. The minimum atomic E-state index is -3.74. The molecule has 2 N–H and O–H groups in total. The smallest absolute Gasteiger partial charge is 0.263 e. The molecule has 3 aromatic rings. The summed E-state index contributed by atoms with van der Waals surface area (Å²) in [6.45, 7) is 4.09. The van der Waals surface area contributed by atoms with Gasteiger partial charge in [0.1, 0.15) is 5.82 Å². The van der Waals surface area contributed by atoms with Gasteiger partial charge in [0.05, 0.1) is 16.8 Å². The van der Waals surface area contributed by atoms with Crippen LogP contribution in [-0.4, -0.2) is 13.4 Å². The van der Waals surface area contributed by atoms with Gasteiger partial charge < -0.3 is 5.32 Å². The number of nitrogens with zero attached hydrogens (tertiary/aromatic N) is 1. The molecule has 0 bridgehead atoms. The molecule has 1 aromatic heterocycles. The summed E-state index contributed by atoms with van der Waals surface area (Å²) >= 11 is 5.86. The number of nitrogens with one attached hydrogen (secondary N) is 2. The third-order valence-electron chi connectivity index (χ3n) is 3.99. The van der Waals surface area contributed by atoms with Gasteiger partial charge in [-0.05, 0) is 61.4 Å². The minimum absolute atomic E-state index is 0.0874. The van der Waals surface area contributed by atoms with Crippen molar-refractivity contribution in [2.24, 2.45) is 0 Å². The molecule has 0 unspecified atom stereocenters. The van der Waals surface area contributed by atoms with E-state index in [9.17, 15) is 8.42 Å². The lowest BCUT2D eigenvalue weighted by molar-refractivity contribution is 0.601. The summed E-state index contributed by atoms with van der Waals surface area (Å²) in [4.78, 5) is 4.26. The van der Waals surface area contributed by atoms with E-state index in [4.69, 9.17) is 11.6 Å². The number of sulfonamides is 1. The lowest BCUT2D eigenvalue weighted by Gasteiger charge is -2.12. The van der Waals surface area contributed by atoms with E-state index in [0.29, 0.717) is 5.02 Å². The highest BCUT2D eigenvalue weighted by molar-refractivity contribution is 7.92. The largest absolute Gasteiger partial charge is 0.354 e. The van der Waals surface area contributed by atoms with E-state index >= 15 is 0 Å². The van der Waals surface area contributed by atoms with E-state index in [2.05, 4.69) is 15.0 Å². The van der Waals surface area contributed by atoms with Crippen LogP contribution in [0.25, 0.3) is 0 Å². The van der Waals surface area contributed by atoms with Crippen LogP contribution >= 0.6 is 11.6 Å². The Bertz CT molecular complexity index is 1030. The average Bonchev–Trinajstić information content (AvgIpc) is 2.60. The number of aryl methyl sites for hydroxylation is 1. The Hall–Kier alpha value is -2.57. The first kappa shape index (κ1) is 18.2. The van der Waals surface area contributed by atoms with Gasteiger partial charge in [-0.25, -0.2) is 13.4 Å². The maximum absolute atomic E-state index is 12.4. The summed E-state index contributed by atoms with van der Waals surface area (Å²) in [5.41, 5.74) is 4.09. The number of hydrogen-bond acceptors (Lipinski definition) is 4. The van der Waals surface area contributed by atoms with Crippen LogP contribution in [0.15, 0.2) is 65.7 Å². The Balaban J connectivity index is 1.76. The van der Waals surface area contributed by atoms with Crippen molar-refractivity contribution in [2.75, 3.05) is 10.0 Å². The molecule has 0 fully saturated rings. The SMILES string of the molecule is Cc1cccc(Nc2ccc(NS(=O)(=O)c3cccc(Cl)c3)nc2)c1C. The number of benzene rings is 2. The summed E-state index contributed by atoms with van der Waals surface area (Å²) in [6.07, 6.45) is 1.58. The third-order valence-corrected chi connectivity index (χ3v) is 5.58. The van der Waals surface area contributed by atoms with Gasteiger partial charge in [-0.2, -0.15) is 0 Å². The number of hydrogen-bond donors (Lipinski definition) is 2. The van der Waals surface area contributed by atoms with E-state index in [1.807, 2.05) is 32.0 Å². The molecule has 0 amide bonds. The summed E-state index contributed by atoms with van der Waals surface area (Å²) in [5.74, 6) is 0.233. The van der Waals surface area contributed by atoms with Crippen molar-refractivity contribution >= 4 is 38.8 Å². The lowest BCUT2D eigenvalue weighted by atomic mass is 10.1. The molecule has 134 valence electrons. The molecule has 0 atom stereocenters. The van der Waals surface area contributed by atoms with Crippen molar-refractivity contribution in [1.82, 2.24) is 4.98 Å². The Morgan fingerprint density at radius 1 is 1.00 bits per heavy atom. The zero-order chi connectivity index (χ0) is 18.7. The number of rotatable bonds is 5. The first-order valence-corrected chi connectivity index (χ1v) is 9.79. The second-order valence-electron chi connectivity index (χ2n) is 5.87. The average molecular weight is 388 g/mol. The van der Waals surface area contributed by atoms with Gasteiger partial charge in [0, 0.05) is 10.7 Å². The molecule has 0 radical (unpaired) electrons. The molecule has 26 heavy (non-hydrogen) atoms. The predicted octanol–water partition coefficient (Wildman–Crippen LogP) is 4.90. The zero-order valence-electron chi connectivity index (χ0n) is 14.3. The molecule has 0 aliphatic heterocycles. The van der Waals surface area contributed by atoms with E-state index in [0.717, 1.165) is 16.9 Å². The lowest BCUT2D eigenvalue weighted by Crippen LogP contribution is -2.13. The van der Waals surface area contributed by atoms with Gasteiger partial charge in [0.15, 0.2) is 0 Å². The van der Waals surface area contributed by atoms with E-state index in [1.54, 1.807) is 30.5 Å². The van der Waals surface area contributed by atoms with E-state index in [1.165, 1.54) is 17.7 Å². The highest BCUT2D eigenvalue weighted by Gasteiger charge is 2.15. The molecule has 1 heterocycles. The predicted molar refractivity (Wildman–Crippen MR) is 106 cm³/mol. The van der Waals surface area contributed by atoms with Crippen LogP contribution in [0.4, 0.5) is 17.2 Å². The fourth-order valence-corrected chi connectivity index (χ4v) is 3.71. The summed E-state index contributed by atoms with van der Waals surface area (Å²) in [7, 11) is -3.74. The highest BCUT2D eigenvalue weighted by atomic mass is 35.5. The molecule has 7 heteroatoms. The van der Waals surface area contributed by atoms with Crippen LogP contribution in [0.1, 0.15) is 11.1 Å². The Kier molecular flexibility index (Phi) is 5.15. The van der Waals surface area contributed by atoms with Crippen molar-refractivity contribution in [3.63, 3.8) is 0 Å². The first-order valence-electron chi connectivity index (χ1n) is 7.93. The van der Waals surface area contributed by atoms with Crippen molar-refractivity contribution in [3.8, 4) is 0 Å². The second kappa shape index (κ2) is 7.35. The number of halogens is 1. The van der Waals surface area contributed by atoms with Crippen LogP contribution in [0, 0.1) is 13.8 Å². The normalized spacial score (nSPS) is 11.2. The molecule has 0 aliphatic carbocycles. The molecule has 0 aliphatic rings. The first-order chi connectivity index (χ1) is 12.3. The molecule has 0 saturated heterocycles. The van der Waals surface area contributed by atoms with Crippen LogP contribution in [-0.2, 0) is 10.0 Å². The second-order valence-corrected chi connectivity index (χ2v) is 7.99. The minimum Gasteiger partial charge on any atom is -0.354 e. The topological polar surface area (TPSA) is 71.1 Å². The van der Waals surface area contributed by atoms with Gasteiger partial charge >= 0.3 is 0 Å². The number of aromatic nitrogens is 1. The maximum atomic E-state index is 12.4. The molecule has 5 nitrogen and oxygen atoms in total. The molecular weight excluding hydrogens is 370 g/mol. The Morgan fingerprint density at radius 3 is 2.46 bits per heavy atom. The van der Waals surface area contributed by atoms with Gasteiger partial charge in [0.2, 0.25) is 0 Å². The van der Waals surface area contributed by atoms with Gasteiger partial charge in [0.25, 0.3) is 10.0 Å². The standard InChI is InChI=1S/C19H18ClN3O2S/c1-13-5-3-8-18(14(13)2)22-16-9-10-19(21-12-16)23-26(24,25)17-7-4-6-15(20)11-17/h3-12,22H,1-2H3,(H,21,23). The molecule has 2 aromatic carbocycles. The zero-order valence-corrected chi connectivity index (χ0v) is 15.9. The van der Waals surface area contributed by atoms with Gasteiger partial charge in [-0.3, -0.25) is 4.72 Å². The molecule has 3 rings (SSSR count). The summed E-state index contributed by atoms with van der Waals surface area (Å²) in [5, 5.41) is 3.64. The van der Waals surface area contributed by atoms with Crippen LogP contribution < -0.4 is 10.0 Å². The van der Waals surface area contributed by atoms with Gasteiger partial charge in [-0.15, -0.1) is 0 Å². The van der Waals surface area contributed by atoms with Gasteiger partial charge in [-0.1, -0.05) is 29.8 Å². The van der Waals surface area contributed by atoms with Crippen molar-refractivity contribution < 1.29 is 8.42 Å². The van der Waals surface area contributed by atoms with Crippen LogP contribution in [0.3, 0.4) is 0 Å². The van der Waals surface area contributed by atoms with Crippen molar-refractivity contribution in [1.29, 1.82) is 0 Å². The Morgan fingerprint density at radius 2 is 1.77 bits per heavy atom. The third kappa shape index (κ3) is 4.15. The van der Waals surface area contributed by atoms with Crippen molar-refractivity contribution in [2.45, 2.75) is 18.7 Å². The highest BCUT2D eigenvalue weighted by Crippen LogP contribution is 2.24. The maximum Gasteiger partial charge on any atom is 0.263 e.